The Hall–Kier alpha value is -1.74. The lowest BCUT2D eigenvalue weighted by Crippen LogP contribution is -2.39. The van der Waals surface area contributed by atoms with E-state index in [1.807, 2.05) is 30.3 Å². The number of carbonyl (C=O) groups excluding carboxylic acids is 2. The molecule has 0 spiro atoms. The Balaban J connectivity index is 1.57. The summed E-state index contributed by atoms with van der Waals surface area (Å²) in [5, 5.41) is 8.58. The first-order chi connectivity index (χ1) is 12.1. The zero-order valence-electron chi connectivity index (χ0n) is 13.6. The summed E-state index contributed by atoms with van der Waals surface area (Å²) in [4.78, 5) is 25.6. The third-order valence-corrected chi connectivity index (χ3v) is 5.78. The summed E-state index contributed by atoms with van der Waals surface area (Å²) < 4.78 is 1.24. The number of benzene rings is 1. The molecule has 0 atom stereocenters. The quantitative estimate of drug-likeness (QED) is 0.664. The lowest BCUT2D eigenvalue weighted by Gasteiger charge is -2.23. The van der Waals surface area contributed by atoms with E-state index in [0.29, 0.717) is 31.6 Å². The third kappa shape index (κ3) is 5.12. The van der Waals surface area contributed by atoms with Crippen molar-refractivity contribution in [2.24, 2.45) is 5.10 Å². The maximum Gasteiger partial charge on any atom is 0.267 e. The summed E-state index contributed by atoms with van der Waals surface area (Å²) in [6.07, 6.45) is 1.52. The predicted octanol–water partition coefficient (Wildman–Crippen LogP) is 3.19. The average Bonchev–Trinajstić information content (AvgIpc) is 3.03. The van der Waals surface area contributed by atoms with Gasteiger partial charge in [-0.25, -0.2) is 5.01 Å². The fourth-order valence-corrected chi connectivity index (χ4v) is 4.29. The second-order valence-electron chi connectivity index (χ2n) is 5.70. The minimum atomic E-state index is -0.184. The van der Waals surface area contributed by atoms with Gasteiger partial charge in [-0.3, -0.25) is 9.59 Å². The molecule has 3 rings (SSSR count). The van der Waals surface area contributed by atoms with E-state index >= 15 is 0 Å². The first-order valence-corrected chi connectivity index (χ1v) is 9.95. The highest BCUT2D eigenvalue weighted by molar-refractivity contribution is 14.1. The monoisotopic (exact) mass is 467 g/mol. The number of rotatable bonds is 6. The van der Waals surface area contributed by atoms with Gasteiger partial charge in [0.15, 0.2) is 0 Å². The SMILES string of the molecule is O=C(NCCc1ccc(I)s1)C1=NN(Cc2ccccc2)C(=O)CC1. The van der Waals surface area contributed by atoms with Crippen LogP contribution >= 0.6 is 33.9 Å². The van der Waals surface area contributed by atoms with Crippen molar-refractivity contribution in [1.29, 1.82) is 0 Å². The van der Waals surface area contributed by atoms with Gasteiger partial charge in [0.25, 0.3) is 5.91 Å². The molecule has 1 aliphatic rings. The van der Waals surface area contributed by atoms with Gasteiger partial charge in [-0.15, -0.1) is 11.3 Å². The standard InChI is InChI=1S/C18H18IN3O2S/c19-16-8-6-14(25-16)10-11-20-18(24)15-7-9-17(23)22(21-15)12-13-4-2-1-3-5-13/h1-6,8H,7,9-12H2,(H,20,24). The topological polar surface area (TPSA) is 61.8 Å². The lowest BCUT2D eigenvalue weighted by molar-refractivity contribution is -0.132. The molecule has 2 heterocycles. The molecule has 2 amide bonds. The number of nitrogens with zero attached hydrogens (tertiary/aromatic N) is 2. The van der Waals surface area contributed by atoms with Gasteiger partial charge in [-0.1, -0.05) is 30.3 Å². The van der Waals surface area contributed by atoms with Crippen molar-refractivity contribution in [2.45, 2.75) is 25.8 Å². The summed E-state index contributed by atoms with van der Waals surface area (Å²) in [6, 6.07) is 13.8. The second kappa shape index (κ2) is 8.57. The first kappa shape index (κ1) is 18.1. The van der Waals surface area contributed by atoms with Crippen LogP contribution in [0.5, 0.6) is 0 Å². The molecule has 130 valence electrons. The minimum Gasteiger partial charge on any atom is -0.351 e. The summed E-state index contributed by atoms with van der Waals surface area (Å²) in [6.45, 7) is 0.963. The zero-order valence-corrected chi connectivity index (χ0v) is 16.5. The molecule has 25 heavy (non-hydrogen) atoms. The summed E-state index contributed by atoms with van der Waals surface area (Å²) in [5.74, 6) is -0.231. The maximum atomic E-state index is 12.3. The normalized spacial score (nSPS) is 14.4. The van der Waals surface area contributed by atoms with Crippen LogP contribution in [0, 0.1) is 2.88 Å². The maximum absolute atomic E-state index is 12.3. The van der Waals surface area contributed by atoms with Gasteiger partial charge in [0, 0.05) is 24.3 Å². The summed E-state index contributed by atoms with van der Waals surface area (Å²) in [5.41, 5.74) is 1.42. The van der Waals surface area contributed by atoms with Crippen molar-refractivity contribution >= 4 is 51.5 Å². The van der Waals surface area contributed by atoms with E-state index in [1.165, 1.54) is 12.8 Å². The molecule has 2 aromatic rings. The Morgan fingerprint density at radius 2 is 2.00 bits per heavy atom. The molecular weight excluding hydrogens is 449 g/mol. The first-order valence-electron chi connectivity index (χ1n) is 8.06. The highest BCUT2D eigenvalue weighted by Crippen LogP contribution is 2.18. The van der Waals surface area contributed by atoms with Gasteiger partial charge >= 0.3 is 0 Å². The van der Waals surface area contributed by atoms with E-state index in [9.17, 15) is 9.59 Å². The Morgan fingerprint density at radius 3 is 2.72 bits per heavy atom. The number of amides is 2. The predicted molar refractivity (Wildman–Crippen MR) is 107 cm³/mol. The van der Waals surface area contributed by atoms with E-state index in [1.54, 1.807) is 11.3 Å². The number of nitrogens with one attached hydrogen (secondary N) is 1. The van der Waals surface area contributed by atoms with Crippen molar-refractivity contribution in [3.63, 3.8) is 0 Å². The van der Waals surface area contributed by atoms with E-state index in [-0.39, 0.29) is 11.8 Å². The minimum absolute atomic E-state index is 0.0476. The zero-order chi connectivity index (χ0) is 17.6. The summed E-state index contributed by atoms with van der Waals surface area (Å²) >= 11 is 4.02. The van der Waals surface area contributed by atoms with Crippen molar-refractivity contribution in [1.82, 2.24) is 10.3 Å². The molecule has 0 saturated heterocycles. The largest absolute Gasteiger partial charge is 0.351 e. The molecule has 0 bridgehead atoms. The van der Waals surface area contributed by atoms with Crippen molar-refractivity contribution in [3.8, 4) is 0 Å². The van der Waals surface area contributed by atoms with Gasteiger partial charge in [-0.2, -0.15) is 5.10 Å². The Morgan fingerprint density at radius 1 is 1.20 bits per heavy atom. The number of hydrogen-bond donors (Lipinski definition) is 1. The van der Waals surface area contributed by atoms with Gasteiger partial charge in [0.2, 0.25) is 5.91 Å². The van der Waals surface area contributed by atoms with Crippen LogP contribution in [0.25, 0.3) is 0 Å². The molecule has 0 fully saturated rings. The van der Waals surface area contributed by atoms with Crippen LogP contribution in [-0.4, -0.2) is 29.1 Å². The molecule has 0 radical (unpaired) electrons. The van der Waals surface area contributed by atoms with Crippen molar-refractivity contribution < 1.29 is 9.59 Å². The van der Waals surface area contributed by atoms with Crippen molar-refractivity contribution in [3.05, 3.63) is 55.8 Å². The van der Waals surface area contributed by atoms with E-state index in [2.05, 4.69) is 45.1 Å². The molecule has 1 aliphatic heterocycles. The van der Waals surface area contributed by atoms with Crippen LogP contribution in [0.15, 0.2) is 47.6 Å². The highest BCUT2D eigenvalue weighted by atomic mass is 127. The number of carbonyl (C=O) groups is 2. The molecule has 7 heteroatoms. The molecule has 0 aliphatic carbocycles. The van der Waals surface area contributed by atoms with Crippen LogP contribution < -0.4 is 5.32 Å². The van der Waals surface area contributed by atoms with Gasteiger partial charge in [-0.05, 0) is 46.7 Å². The Bertz CT molecular complexity index is 789. The highest BCUT2D eigenvalue weighted by Gasteiger charge is 2.24. The van der Waals surface area contributed by atoms with Gasteiger partial charge in [0.05, 0.1) is 9.43 Å². The summed E-state index contributed by atoms with van der Waals surface area (Å²) in [7, 11) is 0. The Kier molecular flexibility index (Phi) is 6.19. The molecule has 1 aromatic carbocycles. The van der Waals surface area contributed by atoms with Crippen LogP contribution in [0.2, 0.25) is 0 Å². The van der Waals surface area contributed by atoms with Gasteiger partial charge < -0.3 is 5.32 Å². The lowest BCUT2D eigenvalue weighted by atomic mass is 10.1. The van der Waals surface area contributed by atoms with Crippen LogP contribution in [0.4, 0.5) is 0 Å². The van der Waals surface area contributed by atoms with Crippen LogP contribution in [0.1, 0.15) is 23.3 Å². The average molecular weight is 467 g/mol. The molecule has 0 unspecified atom stereocenters. The number of hydrogen-bond acceptors (Lipinski definition) is 4. The molecule has 0 saturated carbocycles. The fraction of sp³-hybridized carbons (Fsp3) is 0.278. The molecule has 5 nitrogen and oxygen atoms in total. The van der Waals surface area contributed by atoms with E-state index in [0.717, 1.165) is 12.0 Å². The number of halogens is 1. The Labute approximate surface area is 164 Å². The fourth-order valence-electron chi connectivity index (χ4n) is 2.53. The number of hydrazone groups is 1. The number of thiophene rings is 1. The van der Waals surface area contributed by atoms with E-state index < -0.39 is 0 Å². The smallest absolute Gasteiger partial charge is 0.267 e. The third-order valence-electron chi connectivity index (χ3n) is 3.83. The van der Waals surface area contributed by atoms with Gasteiger partial charge in [0.1, 0.15) is 5.71 Å². The van der Waals surface area contributed by atoms with Crippen molar-refractivity contribution in [2.75, 3.05) is 6.54 Å². The van der Waals surface area contributed by atoms with Crippen LogP contribution in [0.3, 0.4) is 0 Å². The second-order valence-corrected chi connectivity index (χ2v) is 8.76. The molecule has 1 N–H and O–H groups in total. The molecule has 1 aromatic heterocycles. The van der Waals surface area contributed by atoms with Crippen LogP contribution in [-0.2, 0) is 22.6 Å². The van der Waals surface area contributed by atoms with E-state index in [4.69, 9.17) is 0 Å². The molecular formula is C18H18IN3O2S.